The maximum atomic E-state index is 12.9. The van der Waals surface area contributed by atoms with Gasteiger partial charge in [-0.1, -0.05) is 24.3 Å². The van der Waals surface area contributed by atoms with Crippen LogP contribution >= 0.6 is 0 Å². The van der Waals surface area contributed by atoms with Crippen LogP contribution in [0.1, 0.15) is 40.2 Å². The third-order valence-corrected chi connectivity index (χ3v) is 4.87. The van der Waals surface area contributed by atoms with E-state index in [-0.39, 0.29) is 5.91 Å². The van der Waals surface area contributed by atoms with Crippen LogP contribution < -0.4 is 4.90 Å². The van der Waals surface area contributed by atoms with Crippen LogP contribution in [-0.4, -0.2) is 40.4 Å². The molecule has 5 heteroatoms. The van der Waals surface area contributed by atoms with Crippen molar-refractivity contribution in [2.24, 2.45) is 0 Å². The van der Waals surface area contributed by atoms with E-state index in [0.717, 1.165) is 31.7 Å². The number of benzene rings is 1. The van der Waals surface area contributed by atoms with Crippen LogP contribution in [0.4, 0.5) is 5.95 Å². The number of fused-ring (bicyclic) bond motifs is 1. The molecule has 0 N–H and O–H groups in total. The van der Waals surface area contributed by atoms with Gasteiger partial charge in [-0.15, -0.1) is 0 Å². The number of anilines is 1. The van der Waals surface area contributed by atoms with Gasteiger partial charge in [-0.3, -0.25) is 4.79 Å². The molecule has 2 aliphatic rings. The fraction of sp³-hybridized carbons (Fsp3) is 0.421. The first-order valence-electron chi connectivity index (χ1n) is 8.67. The first kappa shape index (κ1) is 15.1. The Labute approximate surface area is 142 Å². The van der Waals surface area contributed by atoms with E-state index in [1.807, 2.05) is 24.0 Å². The topological polar surface area (TPSA) is 49.3 Å². The number of nitrogens with zero attached hydrogens (tertiary/aromatic N) is 4. The zero-order valence-electron chi connectivity index (χ0n) is 14.0. The number of hydrogen-bond donors (Lipinski definition) is 0. The van der Waals surface area contributed by atoms with Crippen molar-refractivity contribution in [1.29, 1.82) is 0 Å². The summed E-state index contributed by atoms with van der Waals surface area (Å²) >= 11 is 0. The number of carbonyl (C=O) groups excluding carboxylic acids is 1. The molecule has 0 radical (unpaired) electrons. The van der Waals surface area contributed by atoms with Crippen LogP contribution in [0.5, 0.6) is 0 Å². The Morgan fingerprint density at radius 3 is 2.58 bits per heavy atom. The fourth-order valence-electron chi connectivity index (χ4n) is 3.55. The van der Waals surface area contributed by atoms with Gasteiger partial charge in [0.15, 0.2) is 0 Å². The first-order chi connectivity index (χ1) is 11.7. The molecule has 3 heterocycles. The number of aryl methyl sites for hydroxylation is 1. The average molecular weight is 322 g/mol. The lowest BCUT2D eigenvalue weighted by Crippen LogP contribution is -2.36. The van der Waals surface area contributed by atoms with Crippen LogP contribution in [0.25, 0.3) is 0 Å². The summed E-state index contributed by atoms with van der Waals surface area (Å²) in [5.74, 6) is 0.712. The van der Waals surface area contributed by atoms with Gasteiger partial charge in [0.1, 0.15) is 5.69 Å². The summed E-state index contributed by atoms with van der Waals surface area (Å²) in [7, 11) is 0. The molecule has 2 aliphatic heterocycles. The predicted octanol–water partition coefficient (Wildman–Crippen LogP) is 2.58. The van der Waals surface area contributed by atoms with Gasteiger partial charge in [0.2, 0.25) is 5.95 Å². The van der Waals surface area contributed by atoms with E-state index in [4.69, 9.17) is 0 Å². The smallest absolute Gasteiger partial charge is 0.272 e. The average Bonchev–Trinajstić information content (AvgIpc) is 3.15. The second-order valence-corrected chi connectivity index (χ2v) is 6.63. The monoisotopic (exact) mass is 322 g/mol. The summed E-state index contributed by atoms with van der Waals surface area (Å²) < 4.78 is 0. The van der Waals surface area contributed by atoms with Crippen molar-refractivity contribution in [1.82, 2.24) is 14.9 Å². The molecule has 0 bridgehead atoms. The number of carbonyl (C=O) groups is 1. The molecule has 0 atom stereocenters. The zero-order chi connectivity index (χ0) is 16.5. The second-order valence-electron chi connectivity index (χ2n) is 6.63. The van der Waals surface area contributed by atoms with Gasteiger partial charge in [-0.2, -0.15) is 0 Å². The van der Waals surface area contributed by atoms with Crippen molar-refractivity contribution in [2.45, 2.75) is 32.7 Å². The van der Waals surface area contributed by atoms with Crippen molar-refractivity contribution >= 4 is 11.9 Å². The predicted molar refractivity (Wildman–Crippen MR) is 93.1 cm³/mol. The highest BCUT2D eigenvalue weighted by Gasteiger charge is 2.24. The molecule has 0 aliphatic carbocycles. The van der Waals surface area contributed by atoms with Crippen LogP contribution in [0, 0.1) is 6.92 Å². The van der Waals surface area contributed by atoms with Gasteiger partial charge in [0.05, 0.1) is 0 Å². The van der Waals surface area contributed by atoms with Crippen LogP contribution in [-0.2, 0) is 13.0 Å². The highest BCUT2D eigenvalue weighted by molar-refractivity contribution is 5.92. The lowest BCUT2D eigenvalue weighted by molar-refractivity contribution is 0.0728. The van der Waals surface area contributed by atoms with Crippen molar-refractivity contribution in [2.75, 3.05) is 24.5 Å². The van der Waals surface area contributed by atoms with Crippen LogP contribution in [0.2, 0.25) is 0 Å². The molecule has 1 aromatic carbocycles. The molecule has 1 saturated heterocycles. The molecule has 4 rings (SSSR count). The van der Waals surface area contributed by atoms with Gasteiger partial charge >= 0.3 is 0 Å². The number of amides is 1. The molecule has 0 unspecified atom stereocenters. The standard InChI is InChI=1S/C19H22N4O/c1-14-12-17(21-19(20-14)22-9-4-5-10-22)18(24)23-11-8-15-6-2-3-7-16(15)13-23/h2-3,6-7,12H,4-5,8-11,13H2,1H3. The fourth-order valence-corrected chi connectivity index (χ4v) is 3.55. The summed E-state index contributed by atoms with van der Waals surface area (Å²) in [5.41, 5.74) is 3.96. The van der Waals surface area contributed by atoms with E-state index in [0.29, 0.717) is 18.2 Å². The van der Waals surface area contributed by atoms with E-state index in [9.17, 15) is 4.79 Å². The maximum Gasteiger partial charge on any atom is 0.272 e. The molecule has 24 heavy (non-hydrogen) atoms. The van der Waals surface area contributed by atoms with E-state index in [1.54, 1.807) is 0 Å². The minimum atomic E-state index is 0.00968. The molecule has 1 aromatic heterocycles. The van der Waals surface area contributed by atoms with Crippen LogP contribution in [0.3, 0.4) is 0 Å². The Morgan fingerprint density at radius 2 is 1.79 bits per heavy atom. The number of hydrogen-bond acceptors (Lipinski definition) is 4. The summed E-state index contributed by atoms with van der Waals surface area (Å²) in [6.07, 6.45) is 3.25. The highest BCUT2D eigenvalue weighted by atomic mass is 16.2. The van der Waals surface area contributed by atoms with Crippen molar-refractivity contribution < 1.29 is 4.79 Å². The molecule has 5 nitrogen and oxygen atoms in total. The normalized spacial score (nSPS) is 17.0. The van der Waals surface area contributed by atoms with Crippen molar-refractivity contribution in [3.63, 3.8) is 0 Å². The van der Waals surface area contributed by atoms with E-state index in [1.165, 1.54) is 24.0 Å². The van der Waals surface area contributed by atoms with Gasteiger partial charge < -0.3 is 9.80 Å². The lowest BCUT2D eigenvalue weighted by Gasteiger charge is -2.29. The molecule has 0 spiro atoms. The van der Waals surface area contributed by atoms with Gasteiger partial charge in [-0.05, 0) is 43.4 Å². The zero-order valence-corrected chi connectivity index (χ0v) is 14.0. The maximum absolute atomic E-state index is 12.9. The number of aromatic nitrogens is 2. The Hall–Kier alpha value is -2.43. The molecular formula is C19H22N4O. The summed E-state index contributed by atoms with van der Waals surface area (Å²) in [4.78, 5) is 26.1. The molecular weight excluding hydrogens is 300 g/mol. The Morgan fingerprint density at radius 1 is 1.04 bits per heavy atom. The molecule has 124 valence electrons. The minimum absolute atomic E-state index is 0.00968. The SMILES string of the molecule is Cc1cc(C(=O)N2CCc3ccccc3C2)nc(N2CCCC2)n1. The van der Waals surface area contributed by atoms with E-state index >= 15 is 0 Å². The Balaban J connectivity index is 1.58. The summed E-state index contributed by atoms with van der Waals surface area (Å²) in [6.45, 7) is 5.31. The van der Waals surface area contributed by atoms with Gasteiger partial charge in [-0.25, -0.2) is 9.97 Å². The van der Waals surface area contributed by atoms with Gasteiger partial charge in [0, 0.05) is 31.9 Å². The highest BCUT2D eigenvalue weighted by Crippen LogP contribution is 2.21. The van der Waals surface area contributed by atoms with Crippen molar-refractivity contribution in [3.8, 4) is 0 Å². The quantitative estimate of drug-likeness (QED) is 0.853. The third kappa shape index (κ3) is 2.86. The van der Waals surface area contributed by atoms with Gasteiger partial charge in [0.25, 0.3) is 5.91 Å². The summed E-state index contributed by atoms with van der Waals surface area (Å²) in [6, 6.07) is 10.2. The Bertz CT molecular complexity index is 768. The lowest BCUT2D eigenvalue weighted by atomic mass is 10.00. The molecule has 1 fully saturated rings. The largest absolute Gasteiger partial charge is 0.341 e. The van der Waals surface area contributed by atoms with Crippen molar-refractivity contribution in [3.05, 3.63) is 52.8 Å². The summed E-state index contributed by atoms with van der Waals surface area (Å²) in [5, 5.41) is 0. The first-order valence-corrected chi connectivity index (χ1v) is 8.67. The third-order valence-electron chi connectivity index (χ3n) is 4.87. The van der Waals surface area contributed by atoms with E-state index in [2.05, 4.69) is 33.1 Å². The molecule has 0 saturated carbocycles. The molecule has 1 amide bonds. The van der Waals surface area contributed by atoms with Crippen LogP contribution in [0.15, 0.2) is 30.3 Å². The van der Waals surface area contributed by atoms with E-state index < -0.39 is 0 Å². The molecule has 2 aromatic rings. The Kier molecular flexibility index (Phi) is 3.92. The second kappa shape index (κ2) is 6.23. The minimum Gasteiger partial charge on any atom is -0.341 e. The number of rotatable bonds is 2.